The average molecular weight is 628 g/mol. The second kappa shape index (κ2) is 19.8. The predicted octanol–water partition coefficient (Wildman–Crippen LogP) is 7.41. The van der Waals surface area contributed by atoms with Gasteiger partial charge in [-0.05, 0) is 66.1 Å². The number of anilines is 1. The number of hydrogen-bond donors (Lipinski definition) is 2. The lowest BCUT2D eigenvalue weighted by Crippen LogP contribution is -2.46. The zero-order chi connectivity index (χ0) is 33.2. The molecule has 1 aliphatic rings. The summed E-state index contributed by atoms with van der Waals surface area (Å²) in [4.78, 5) is 19.8. The molecular formula is C36H46ClN7O. The molecular weight excluding hydrogens is 582 g/mol. The Hall–Kier alpha value is -4.45. The lowest BCUT2D eigenvalue weighted by molar-refractivity contribution is -0.119. The molecule has 1 saturated heterocycles. The molecule has 1 aliphatic heterocycles. The predicted molar refractivity (Wildman–Crippen MR) is 188 cm³/mol. The van der Waals surface area contributed by atoms with Crippen LogP contribution >= 0.6 is 11.6 Å². The van der Waals surface area contributed by atoms with Gasteiger partial charge in [-0.2, -0.15) is 5.26 Å². The first kappa shape index (κ1) is 36.7. The third-order valence-corrected chi connectivity index (χ3v) is 7.50. The molecule has 45 heavy (non-hydrogen) atoms. The number of halogens is 1. The van der Waals surface area contributed by atoms with Crippen LogP contribution in [0.4, 0.5) is 5.69 Å². The van der Waals surface area contributed by atoms with Gasteiger partial charge in [0.15, 0.2) is 0 Å². The Bertz CT molecular complexity index is 1480. The molecule has 238 valence electrons. The summed E-state index contributed by atoms with van der Waals surface area (Å²) < 4.78 is 2.12. The fourth-order valence-corrected chi connectivity index (χ4v) is 5.08. The number of piperazine rings is 1. The number of nitrogens with zero attached hydrogens (tertiary/aromatic N) is 5. The summed E-state index contributed by atoms with van der Waals surface area (Å²) in [5, 5.41) is 19.4. The molecule has 1 unspecified atom stereocenters. The highest BCUT2D eigenvalue weighted by Crippen LogP contribution is 2.33. The van der Waals surface area contributed by atoms with Crippen molar-refractivity contribution in [3.63, 3.8) is 0 Å². The van der Waals surface area contributed by atoms with Crippen LogP contribution in [0.15, 0.2) is 85.2 Å². The summed E-state index contributed by atoms with van der Waals surface area (Å²) in [5.74, 6) is 1.02. The molecule has 0 saturated carbocycles. The quantitative estimate of drug-likeness (QED) is 0.131. The Morgan fingerprint density at radius 1 is 1.18 bits per heavy atom. The minimum absolute atomic E-state index is 0.00775. The second-order valence-corrected chi connectivity index (χ2v) is 10.6. The van der Waals surface area contributed by atoms with Crippen molar-refractivity contribution < 1.29 is 4.79 Å². The first-order valence-electron chi connectivity index (χ1n) is 15.3. The number of allylic oxidation sites excluding steroid dienone is 4. The molecule has 1 amide bonds. The number of carbonyl (C=O) groups is 1. The van der Waals surface area contributed by atoms with Crippen LogP contribution in [-0.4, -0.2) is 65.2 Å². The zero-order valence-electron chi connectivity index (χ0n) is 27.1. The molecule has 9 heteroatoms. The van der Waals surface area contributed by atoms with Crippen molar-refractivity contribution in [3.8, 4) is 6.07 Å². The maximum Gasteiger partial charge on any atom is 0.209 e. The van der Waals surface area contributed by atoms with E-state index in [2.05, 4.69) is 51.5 Å². The largest absolute Gasteiger partial charge is 0.388 e. The number of nitrogens with one attached hydrogen (secondary N) is 2. The number of aromatic nitrogens is 2. The van der Waals surface area contributed by atoms with E-state index in [1.165, 1.54) is 6.21 Å². The van der Waals surface area contributed by atoms with Gasteiger partial charge in [0.25, 0.3) is 0 Å². The van der Waals surface area contributed by atoms with E-state index in [4.69, 9.17) is 22.3 Å². The topological polar surface area (TPSA) is 101 Å². The van der Waals surface area contributed by atoms with E-state index in [-0.39, 0.29) is 6.04 Å². The fourth-order valence-electron chi connectivity index (χ4n) is 4.91. The monoisotopic (exact) mass is 627 g/mol. The van der Waals surface area contributed by atoms with Gasteiger partial charge in [-0.25, -0.2) is 4.98 Å². The smallest absolute Gasteiger partial charge is 0.209 e. The number of rotatable bonds is 11. The van der Waals surface area contributed by atoms with Gasteiger partial charge in [-0.3, -0.25) is 9.69 Å². The molecule has 1 aromatic heterocycles. The molecule has 0 spiro atoms. The van der Waals surface area contributed by atoms with E-state index in [9.17, 15) is 4.79 Å². The lowest BCUT2D eigenvalue weighted by atomic mass is 9.92. The number of amides is 1. The van der Waals surface area contributed by atoms with Gasteiger partial charge in [-0.1, -0.05) is 62.7 Å². The van der Waals surface area contributed by atoms with E-state index in [1.54, 1.807) is 18.2 Å². The standard InChI is InChI=1S/C26H32ClN5O.C8H8N2.C2H6/c1-4-26-29-10-11-32(26)18-21(3)24-17-22(27)7-8-23(24)25(16-20(2)6-5-9-28)31-14-12-30(19-33)13-15-31;1-10-8-4-2-7(6-9)3-5-8;1-2/h5-11,16-17,19,25,28H,3-4,12-15,18H2,1-2H3;2-5,10H,1H3;1-2H3/b6-5-,20-16+,28-9?;;. The average Bonchev–Trinajstić information content (AvgIpc) is 3.54. The summed E-state index contributed by atoms with van der Waals surface area (Å²) in [6, 6.07) is 15.4. The maximum absolute atomic E-state index is 11.2. The van der Waals surface area contributed by atoms with E-state index >= 15 is 0 Å². The van der Waals surface area contributed by atoms with Crippen LogP contribution in [0.1, 0.15) is 56.3 Å². The van der Waals surface area contributed by atoms with Crippen molar-refractivity contribution in [2.24, 2.45) is 0 Å². The Kier molecular flexibility index (Phi) is 16.1. The van der Waals surface area contributed by atoms with Gasteiger partial charge in [0.05, 0.1) is 17.7 Å². The molecule has 1 fully saturated rings. The summed E-state index contributed by atoms with van der Waals surface area (Å²) in [6.07, 6.45) is 12.7. The van der Waals surface area contributed by atoms with Crippen molar-refractivity contribution in [1.82, 2.24) is 19.4 Å². The molecule has 2 heterocycles. The first-order valence-corrected chi connectivity index (χ1v) is 15.7. The van der Waals surface area contributed by atoms with Crippen LogP contribution in [0, 0.1) is 16.7 Å². The second-order valence-electron chi connectivity index (χ2n) is 10.2. The van der Waals surface area contributed by atoms with Crippen molar-refractivity contribution >= 4 is 35.5 Å². The van der Waals surface area contributed by atoms with E-state index in [0.717, 1.165) is 59.7 Å². The molecule has 0 radical (unpaired) electrons. The highest BCUT2D eigenvalue weighted by molar-refractivity contribution is 6.30. The zero-order valence-corrected chi connectivity index (χ0v) is 27.9. The maximum atomic E-state index is 11.2. The summed E-state index contributed by atoms with van der Waals surface area (Å²) >= 11 is 6.43. The third kappa shape index (κ3) is 11.2. The highest BCUT2D eigenvalue weighted by atomic mass is 35.5. The van der Waals surface area contributed by atoms with Crippen LogP contribution in [0.3, 0.4) is 0 Å². The summed E-state index contributed by atoms with van der Waals surface area (Å²) in [6.45, 7) is 16.1. The Balaban J connectivity index is 0.000000495. The lowest BCUT2D eigenvalue weighted by Gasteiger charge is -2.38. The van der Waals surface area contributed by atoms with Crippen molar-refractivity contribution in [1.29, 1.82) is 10.7 Å². The third-order valence-electron chi connectivity index (χ3n) is 7.26. The Morgan fingerprint density at radius 2 is 1.87 bits per heavy atom. The Labute approximate surface area is 273 Å². The number of hydrogen-bond acceptors (Lipinski definition) is 6. The van der Waals surface area contributed by atoms with Gasteiger partial charge >= 0.3 is 0 Å². The number of carbonyl (C=O) groups excluding carboxylic acids is 1. The van der Waals surface area contributed by atoms with Crippen LogP contribution < -0.4 is 5.32 Å². The molecule has 2 N–H and O–H groups in total. The van der Waals surface area contributed by atoms with Gasteiger partial charge in [0.1, 0.15) is 5.82 Å². The first-order chi connectivity index (χ1) is 21.8. The molecule has 8 nitrogen and oxygen atoms in total. The van der Waals surface area contributed by atoms with E-state index < -0.39 is 0 Å². The van der Waals surface area contributed by atoms with Gasteiger partial charge in [0, 0.05) is 75.5 Å². The van der Waals surface area contributed by atoms with Crippen LogP contribution in [0.25, 0.3) is 5.57 Å². The van der Waals surface area contributed by atoms with Crippen LogP contribution in [0.2, 0.25) is 5.02 Å². The molecule has 3 aromatic rings. The number of imidazole rings is 1. The van der Waals surface area contributed by atoms with E-state index in [0.29, 0.717) is 30.2 Å². The van der Waals surface area contributed by atoms with E-state index in [1.807, 2.05) is 75.5 Å². The minimum Gasteiger partial charge on any atom is -0.388 e. The van der Waals surface area contributed by atoms with Crippen LogP contribution in [-0.2, 0) is 17.8 Å². The SMILES string of the molecule is C=C(Cn1ccnc1CC)c1cc(Cl)ccc1C(/C=C(C)/C=C\C=N)N1CCN(C=O)CC1.CC.CNc1ccc(C#N)cc1. The van der Waals surface area contributed by atoms with Gasteiger partial charge < -0.3 is 20.2 Å². The number of nitriles is 1. The van der Waals surface area contributed by atoms with Crippen molar-refractivity contribution in [3.05, 3.63) is 113 Å². The number of aryl methyl sites for hydroxylation is 1. The molecule has 2 aromatic carbocycles. The molecule has 1 atom stereocenters. The van der Waals surface area contributed by atoms with Gasteiger partial charge in [0.2, 0.25) is 6.41 Å². The summed E-state index contributed by atoms with van der Waals surface area (Å²) in [7, 11) is 1.85. The van der Waals surface area contributed by atoms with Crippen molar-refractivity contribution in [2.45, 2.75) is 46.7 Å². The molecule has 4 rings (SSSR count). The van der Waals surface area contributed by atoms with Gasteiger partial charge in [-0.15, -0.1) is 0 Å². The van der Waals surface area contributed by atoms with Crippen LogP contribution in [0.5, 0.6) is 0 Å². The number of benzene rings is 2. The Morgan fingerprint density at radius 3 is 2.44 bits per heavy atom. The van der Waals surface area contributed by atoms with Crippen molar-refractivity contribution in [2.75, 3.05) is 38.5 Å². The fraction of sp³-hybridized carbons (Fsp3) is 0.333. The molecule has 0 bridgehead atoms. The summed E-state index contributed by atoms with van der Waals surface area (Å²) in [5.41, 5.74) is 5.91. The normalized spacial score (nSPS) is 13.9. The highest BCUT2D eigenvalue weighted by Gasteiger charge is 2.26. The molecule has 0 aliphatic carbocycles. The minimum atomic E-state index is -0.00775.